The van der Waals surface area contributed by atoms with Crippen LogP contribution < -0.4 is 0 Å². The average molecular weight is 231 g/mol. The van der Waals surface area contributed by atoms with E-state index in [1.165, 1.54) is 4.88 Å². The highest BCUT2D eigenvalue weighted by Crippen LogP contribution is 2.30. The van der Waals surface area contributed by atoms with E-state index in [-0.39, 0.29) is 5.38 Å². The fourth-order valence-corrected chi connectivity index (χ4v) is 3.35. The molecule has 0 radical (unpaired) electrons. The third-order valence-electron chi connectivity index (χ3n) is 2.88. The van der Waals surface area contributed by atoms with Gasteiger partial charge in [0.05, 0.1) is 6.10 Å². The van der Waals surface area contributed by atoms with Gasteiger partial charge in [-0.25, -0.2) is 0 Å². The van der Waals surface area contributed by atoms with E-state index < -0.39 is 0 Å². The summed E-state index contributed by atoms with van der Waals surface area (Å²) in [5, 5.41) is 2.33. The Balaban J connectivity index is 1.92. The number of alkyl halides is 1. The molecule has 2 rings (SSSR count). The summed E-state index contributed by atoms with van der Waals surface area (Å²) in [5.74, 6) is 0.527. The van der Waals surface area contributed by atoms with Gasteiger partial charge in [0, 0.05) is 22.8 Å². The molecule has 0 aliphatic carbocycles. The first-order valence-corrected chi connectivity index (χ1v) is 6.37. The summed E-state index contributed by atoms with van der Waals surface area (Å²) >= 11 is 8.19. The van der Waals surface area contributed by atoms with Gasteiger partial charge in [0.1, 0.15) is 0 Å². The van der Waals surface area contributed by atoms with Crippen molar-refractivity contribution in [2.24, 2.45) is 5.92 Å². The molecule has 1 saturated heterocycles. The predicted octanol–water partition coefficient (Wildman–Crippen LogP) is 3.32. The largest absolute Gasteiger partial charge is 0.378 e. The molecule has 0 spiro atoms. The summed E-state index contributed by atoms with van der Waals surface area (Å²) in [4.78, 5) is 1.38. The Bertz CT molecular complexity index is 273. The molecule has 3 atom stereocenters. The van der Waals surface area contributed by atoms with Gasteiger partial charge < -0.3 is 4.74 Å². The Morgan fingerprint density at radius 1 is 1.71 bits per heavy atom. The van der Waals surface area contributed by atoms with Gasteiger partial charge >= 0.3 is 0 Å². The Kier molecular flexibility index (Phi) is 3.47. The van der Waals surface area contributed by atoms with Gasteiger partial charge in [0.2, 0.25) is 0 Å². The molecular weight excluding hydrogens is 216 g/mol. The van der Waals surface area contributed by atoms with Gasteiger partial charge in [-0.3, -0.25) is 0 Å². The highest BCUT2D eigenvalue weighted by molar-refractivity contribution is 7.09. The summed E-state index contributed by atoms with van der Waals surface area (Å²) in [7, 11) is 0. The first kappa shape index (κ1) is 10.5. The monoisotopic (exact) mass is 230 g/mol. The van der Waals surface area contributed by atoms with E-state index in [4.69, 9.17) is 16.3 Å². The highest BCUT2D eigenvalue weighted by atomic mass is 35.5. The van der Waals surface area contributed by atoms with Crippen LogP contribution in [0.5, 0.6) is 0 Å². The maximum absolute atomic E-state index is 6.40. The van der Waals surface area contributed by atoms with Crippen molar-refractivity contribution in [1.29, 1.82) is 0 Å². The third kappa shape index (κ3) is 2.30. The van der Waals surface area contributed by atoms with Gasteiger partial charge in [-0.15, -0.1) is 22.9 Å². The fourth-order valence-electron chi connectivity index (χ4n) is 2.00. The summed E-state index contributed by atoms with van der Waals surface area (Å²) in [5.41, 5.74) is 0. The van der Waals surface area contributed by atoms with Crippen molar-refractivity contribution < 1.29 is 4.74 Å². The lowest BCUT2D eigenvalue weighted by atomic mass is 9.96. The molecule has 1 aliphatic rings. The normalized spacial score (nSPS) is 29.3. The van der Waals surface area contributed by atoms with Crippen molar-refractivity contribution in [3.05, 3.63) is 22.4 Å². The van der Waals surface area contributed by atoms with Crippen LogP contribution in [0.15, 0.2) is 17.5 Å². The first-order chi connectivity index (χ1) is 6.77. The standard InChI is InChI=1S/C11H15ClOS/c1-8-10(4-5-13-8)11(12)7-9-3-2-6-14-9/h2-3,6,8,10-11H,4-5,7H2,1H3. The van der Waals surface area contributed by atoms with Crippen molar-refractivity contribution in [1.82, 2.24) is 0 Å². The Morgan fingerprint density at radius 3 is 3.14 bits per heavy atom. The average Bonchev–Trinajstić information content (AvgIpc) is 2.75. The SMILES string of the molecule is CC1OCCC1C(Cl)Cc1cccs1. The molecule has 1 fully saturated rings. The zero-order chi connectivity index (χ0) is 9.97. The topological polar surface area (TPSA) is 9.23 Å². The lowest BCUT2D eigenvalue weighted by Crippen LogP contribution is -2.23. The van der Waals surface area contributed by atoms with Crippen LogP contribution >= 0.6 is 22.9 Å². The first-order valence-electron chi connectivity index (χ1n) is 5.05. The Hall–Kier alpha value is -0.0500. The molecule has 0 saturated carbocycles. The van der Waals surface area contributed by atoms with Gasteiger partial charge in [0.15, 0.2) is 0 Å². The number of rotatable bonds is 3. The number of halogens is 1. The van der Waals surface area contributed by atoms with Crippen LogP contribution in [0.3, 0.4) is 0 Å². The van der Waals surface area contributed by atoms with Crippen molar-refractivity contribution in [3.8, 4) is 0 Å². The minimum atomic E-state index is 0.228. The molecule has 0 amide bonds. The van der Waals surface area contributed by atoms with Crippen LogP contribution in [0.4, 0.5) is 0 Å². The van der Waals surface area contributed by atoms with Crippen LogP contribution in [-0.4, -0.2) is 18.1 Å². The van der Waals surface area contributed by atoms with E-state index >= 15 is 0 Å². The zero-order valence-corrected chi connectivity index (χ0v) is 9.85. The molecule has 3 unspecified atom stereocenters. The number of hydrogen-bond acceptors (Lipinski definition) is 2. The van der Waals surface area contributed by atoms with Gasteiger partial charge in [-0.2, -0.15) is 0 Å². The second-order valence-corrected chi connectivity index (χ2v) is 5.42. The Labute approximate surface area is 94.0 Å². The summed E-state index contributed by atoms with van der Waals surface area (Å²) < 4.78 is 5.52. The molecule has 78 valence electrons. The van der Waals surface area contributed by atoms with Crippen molar-refractivity contribution in [3.63, 3.8) is 0 Å². The van der Waals surface area contributed by atoms with Crippen LogP contribution in [0.25, 0.3) is 0 Å². The molecular formula is C11H15ClOS. The molecule has 2 heterocycles. The lowest BCUT2D eigenvalue weighted by molar-refractivity contribution is 0.105. The molecule has 3 heteroatoms. The molecule has 1 aromatic rings. The molecule has 1 aliphatic heterocycles. The van der Waals surface area contributed by atoms with Crippen LogP contribution in [0.1, 0.15) is 18.2 Å². The second-order valence-electron chi connectivity index (χ2n) is 3.83. The van der Waals surface area contributed by atoms with Gasteiger partial charge in [-0.1, -0.05) is 6.07 Å². The van der Waals surface area contributed by atoms with Crippen LogP contribution in [0, 0.1) is 5.92 Å². The minimum absolute atomic E-state index is 0.228. The van der Waals surface area contributed by atoms with E-state index in [1.54, 1.807) is 11.3 Å². The fraction of sp³-hybridized carbons (Fsp3) is 0.636. The summed E-state index contributed by atoms with van der Waals surface area (Å²) in [6, 6.07) is 4.23. The molecule has 0 aromatic carbocycles. The molecule has 0 N–H and O–H groups in total. The number of hydrogen-bond donors (Lipinski definition) is 0. The van der Waals surface area contributed by atoms with E-state index in [0.29, 0.717) is 12.0 Å². The van der Waals surface area contributed by atoms with Crippen molar-refractivity contribution in [2.45, 2.75) is 31.2 Å². The van der Waals surface area contributed by atoms with Crippen molar-refractivity contribution >= 4 is 22.9 Å². The van der Waals surface area contributed by atoms with Crippen LogP contribution in [0.2, 0.25) is 0 Å². The summed E-state index contributed by atoms with van der Waals surface area (Å²) in [6.45, 7) is 3.00. The maximum atomic E-state index is 6.40. The van der Waals surface area contributed by atoms with E-state index in [2.05, 4.69) is 24.4 Å². The van der Waals surface area contributed by atoms with E-state index in [0.717, 1.165) is 19.4 Å². The molecule has 1 aromatic heterocycles. The van der Waals surface area contributed by atoms with Crippen LogP contribution in [-0.2, 0) is 11.2 Å². The predicted molar refractivity (Wildman–Crippen MR) is 61.2 cm³/mol. The van der Waals surface area contributed by atoms with Gasteiger partial charge in [0.25, 0.3) is 0 Å². The molecule has 14 heavy (non-hydrogen) atoms. The lowest BCUT2D eigenvalue weighted by Gasteiger charge is -2.19. The molecule has 0 bridgehead atoms. The number of ether oxygens (including phenoxy) is 1. The maximum Gasteiger partial charge on any atom is 0.0590 e. The smallest absolute Gasteiger partial charge is 0.0590 e. The third-order valence-corrected chi connectivity index (χ3v) is 4.25. The second kappa shape index (κ2) is 4.65. The van der Waals surface area contributed by atoms with E-state index in [9.17, 15) is 0 Å². The van der Waals surface area contributed by atoms with E-state index in [1.807, 2.05) is 0 Å². The van der Waals surface area contributed by atoms with Crippen molar-refractivity contribution in [2.75, 3.05) is 6.61 Å². The quantitative estimate of drug-likeness (QED) is 0.724. The minimum Gasteiger partial charge on any atom is -0.378 e. The zero-order valence-electron chi connectivity index (χ0n) is 8.28. The number of thiophene rings is 1. The highest BCUT2D eigenvalue weighted by Gasteiger charge is 2.30. The summed E-state index contributed by atoms with van der Waals surface area (Å²) in [6.07, 6.45) is 2.43. The Morgan fingerprint density at radius 2 is 2.57 bits per heavy atom. The molecule has 1 nitrogen and oxygen atoms in total. The van der Waals surface area contributed by atoms with Gasteiger partial charge in [-0.05, 0) is 31.2 Å².